The summed E-state index contributed by atoms with van der Waals surface area (Å²) in [6.45, 7) is 15.9. The Hall–Kier alpha value is -2.91. The van der Waals surface area contributed by atoms with Crippen molar-refractivity contribution in [1.82, 2.24) is 9.80 Å². The quantitative estimate of drug-likeness (QED) is 0.169. The van der Waals surface area contributed by atoms with E-state index in [4.69, 9.17) is 9.47 Å². The minimum absolute atomic E-state index is 0.255. The Labute approximate surface area is 252 Å². The van der Waals surface area contributed by atoms with Crippen LogP contribution in [0.1, 0.15) is 77.3 Å². The first-order valence-electron chi connectivity index (χ1n) is 15.3. The number of ether oxygens (including phenoxy) is 2. The lowest BCUT2D eigenvalue weighted by Crippen LogP contribution is -2.28. The second-order valence-corrected chi connectivity index (χ2v) is 11.6. The van der Waals surface area contributed by atoms with Crippen LogP contribution >= 0.6 is 11.8 Å². The third-order valence-electron chi connectivity index (χ3n) is 7.23. The van der Waals surface area contributed by atoms with Crippen LogP contribution in [0.5, 0.6) is 11.5 Å². The lowest BCUT2D eigenvalue weighted by Gasteiger charge is -2.33. The van der Waals surface area contributed by atoms with E-state index in [1.54, 1.807) is 11.8 Å². The molecule has 1 aliphatic heterocycles. The summed E-state index contributed by atoms with van der Waals surface area (Å²) in [7, 11) is 2.00. The Bertz CT molecular complexity index is 1190. The van der Waals surface area contributed by atoms with Gasteiger partial charge in [0.1, 0.15) is 29.0 Å². The van der Waals surface area contributed by atoms with Gasteiger partial charge in [0.05, 0.1) is 23.8 Å². The van der Waals surface area contributed by atoms with Crippen LogP contribution in [-0.2, 0) is 0 Å². The lowest BCUT2D eigenvalue weighted by atomic mass is 10.0. The third kappa shape index (κ3) is 8.32. The number of hydrogen-bond acceptors (Lipinski definition) is 8. The van der Waals surface area contributed by atoms with Crippen LogP contribution < -0.4 is 14.4 Å². The highest BCUT2D eigenvalue weighted by molar-refractivity contribution is 7.99. The molecule has 2 aromatic rings. The number of benzene rings is 2. The molecule has 41 heavy (non-hydrogen) atoms. The van der Waals surface area contributed by atoms with Crippen molar-refractivity contribution in [2.75, 3.05) is 64.4 Å². The SMILES string of the molecule is CCCN(CCC)CCCOc1c(C#N)c(C#N)c(OCCCN(CCC)CCC)c2c1Sc1ccccc1N2C. The van der Waals surface area contributed by atoms with Crippen LogP contribution in [0, 0.1) is 22.7 Å². The molecule has 0 aliphatic carbocycles. The predicted octanol–water partition coefficient (Wildman–Crippen LogP) is 7.44. The fourth-order valence-electron chi connectivity index (χ4n) is 5.47. The molecular weight excluding hydrogens is 530 g/mol. The van der Waals surface area contributed by atoms with E-state index < -0.39 is 0 Å². The fraction of sp³-hybridized carbons (Fsp3) is 0.576. The molecule has 0 N–H and O–H groups in total. The minimum Gasteiger partial charge on any atom is -0.491 e. The Kier molecular flexibility index (Phi) is 13.6. The summed E-state index contributed by atoms with van der Waals surface area (Å²) in [6, 6.07) is 12.8. The molecule has 0 spiro atoms. The van der Waals surface area contributed by atoms with Gasteiger partial charge in [-0.05, 0) is 76.8 Å². The van der Waals surface area contributed by atoms with Crippen LogP contribution in [0.2, 0.25) is 0 Å². The smallest absolute Gasteiger partial charge is 0.163 e. The molecule has 3 rings (SSSR count). The minimum atomic E-state index is 0.255. The highest BCUT2D eigenvalue weighted by Gasteiger charge is 2.33. The highest BCUT2D eigenvalue weighted by Crippen LogP contribution is 2.57. The molecule has 1 aliphatic rings. The average Bonchev–Trinajstić information content (AvgIpc) is 2.97. The first kappa shape index (κ1) is 32.6. The van der Waals surface area contributed by atoms with Crippen molar-refractivity contribution in [2.45, 2.75) is 76.0 Å². The highest BCUT2D eigenvalue weighted by atomic mass is 32.2. The molecule has 2 aromatic carbocycles. The summed E-state index contributed by atoms with van der Waals surface area (Å²) in [4.78, 5) is 8.92. The van der Waals surface area contributed by atoms with Gasteiger partial charge in [-0.3, -0.25) is 0 Å². The summed E-state index contributed by atoms with van der Waals surface area (Å²) in [6.07, 6.45) is 6.18. The Morgan fingerprint density at radius 2 is 1.22 bits per heavy atom. The van der Waals surface area contributed by atoms with Gasteiger partial charge in [-0.1, -0.05) is 51.6 Å². The number of fused-ring (bicyclic) bond motifs is 2. The van der Waals surface area contributed by atoms with Crippen molar-refractivity contribution in [1.29, 1.82) is 10.5 Å². The summed E-state index contributed by atoms with van der Waals surface area (Å²) < 4.78 is 12.8. The zero-order valence-electron chi connectivity index (χ0n) is 25.7. The molecule has 0 unspecified atom stereocenters. The molecule has 0 saturated heterocycles. The molecule has 0 saturated carbocycles. The molecule has 7 nitrogen and oxygen atoms in total. The fourth-order valence-corrected chi connectivity index (χ4v) is 6.73. The van der Waals surface area contributed by atoms with Gasteiger partial charge in [-0.15, -0.1) is 0 Å². The number of nitrogens with zero attached hydrogens (tertiary/aromatic N) is 5. The van der Waals surface area contributed by atoms with Gasteiger partial charge < -0.3 is 24.2 Å². The Balaban J connectivity index is 1.93. The van der Waals surface area contributed by atoms with Crippen molar-refractivity contribution >= 4 is 23.1 Å². The van der Waals surface area contributed by atoms with Crippen LogP contribution in [0.25, 0.3) is 0 Å². The van der Waals surface area contributed by atoms with Gasteiger partial charge in [0.2, 0.25) is 0 Å². The Morgan fingerprint density at radius 1 is 0.732 bits per heavy atom. The monoisotopic (exact) mass is 577 g/mol. The average molecular weight is 578 g/mol. The molecule has 1 heterocycles. The molecular formula is C33H47N5O2S. The van der Waals surface area contributed by atoms with E-state index in [0.717, 1.165) is 99.0 Å². The molecule has 0 radical (unpaired) electrons. The topological polar surface area (TPSA) is 75.8 Å². The normalized spacial score (nSPS) is 12.2. The maximum atomic E-state index is 10.3. The molecule has 0 bridgehead atoms. The summed E-state index contributed by atoms with van der Waals surface area (Å²) >= 11 is 1.59. The first-order valence-corrected chi connectivity index (χ1v) is 16.1. The van der Waals surface area contributed by atoms with Crippen molar-refractivity contribution in [3.63, 3.8) is 0 Å². The molecule has 222 valence electrons. The van der Waals surface area contributed by atoms with Crippen LogP contribution in [0.15, 0.2) is 34.1 Å². The largest absolute Gasteiger partial charge is 0.491 e. The molecule has 0 atom stereocenters. The van der Waals surface area contributed by atoms with E-state index in [2.05, 4.69) is 66.7 Å². The zero-order chi connectivity index (χ0) is 29.6. The molecule has 0 fully saturated rings. The standard InChI is InChI=1S/C33H47N5O2S/c1-6-16-37(17-7-2)20-12-22-39-31-26(24-34)27(25-35)32(40-23-13-21-38(18-8-3)19-9-4)33-30(31)36(5)28-14-10-11-15-29(28)41-33/h10-11,14-15H,6-9,12-13,16-23H2,1-5H3. The van der Waals surface area contributed by atoms with Gasteiger partial charge in [0, 0.05) is 25.0 Å². The predicted molar refractivity (Wildman–Crippen MR) is 169 cm³/mol. The summed E-state index contributed by atoms with van der Waals surface area (Å²) in [5, 5.41) is 20.6. The molecule has 8 heteroatoms. The summed E-state index contributed by atoms with van der Waals surface area (Å²) in [5.74, 6) is 0.970. The number of nitriles is 2. The first-order chi connectivity index (χ1) is 20.0. The Morgan fingerprint density at radius 3 is 1.73 bits per heavy atom. The van der Waals surface area contributed by atoms with Gasteiger partial charge in [-0.2, -0.15) is 10.5 Å². The van der Waals surface area contributed by atoms with Gasteiger partial charge >= 0.3 is 0 Å². The number of hydrogen-bond donors (Lipinski definition) is 0. The zero-order valence-corrected chi connectivity index (χ0v) is 26.5. The second kappa shape index (κ2) is 17.1. The lowest BCUT2D eigenvalue weighted by molar-refractivity contribution is 0.229. The number of para-hydroxylation sites is 1. The van der Waals surface area contributed by atoms with Crippen molar-refractivity contribution in [3.8, 4) is 23.6 Å². The van der Waals surface area contributed by atoms with Crippen LogP contribution in [0.4, 0.5) is 11.4 Å². The maximum absolute atomic E-state index is 10.3. The van der Waals surface area contributed by atoms with E-state index in [1.165, 1.54) is 0 Å². The van der Waals surface area contributed by atoms with Crippen LogP contribution in [0.3, 0.4) is 0 Å². The van der Waals surface area contributed by atoms with Gasteiger partial charge in [0.15, 0.2) is 11.5 Å². The van der Waals surface area contributed by atoms with E-state index in [0.29, 0.717) is 24.7 Å². The summed E-state index contributed by atoms with van der Waals surface area (Å²) in [5.41, 5.74) is 2.36. The number of rotatable bonds is 18. The third-order valence-corrected chi connectivity index (χ3v) is 8.38. The number of anilines is 2. The molecule has 0 aromatic heterocycles. The van der Waals surface area contributed by atoms with E-state index in [1.807, 2.05) is 19.2 Å². The molecule has 0 amide bonds. The second-order valence-electron chi connectivity index (χ2n) is 10.5. The van der Waals surface area contributed by atoms with E-state index in [-0.39, 0.29) is 11.1 Å². The van der Waals surface area contributed by atoms with Gasteiger partial charge in [0.25, 0.3) is 0 Å². The van der Waals surface area contributed by atoms with E-state index >= 15 is 0 Å². The maximum Gasteiger partial charge on any atom is 0.163 e. The van der Waals surface area contributed by atoms with Crippen molar-refractivity contribution < 1.29 is 9.47 Å². The van der Waals surface area contributed by atoms with Crippen LogP contribution in [-0.4, -0.2) is 69.3 Å². The van der Waals surface area contributed by atoms with Gasteiger partial charge in [-0.25, -0.2) is 0 Å². The van der Waals surface area contributed by atoms with E-state index in [9.17, 15) is 10.5 Å². The van der Waals surface area contributed by atoms with Crippen molar-refractivity contribution in [3.05, 3.63) is 35.4 Å². The van der Waals surface area contributed by atoms with Crippen molar-refractivity contribution in [2.24, 2.45) is 0 Å².